The van der Waals surface area contributed by atoms with Crippen LogP contribution in [-0.4, -0.2) is 15.5 Å². The molecule has 104 valence electrons. The molecule has 0 saturated heterocycles. The third-order valence-corrected chi connectivity index (χ3v) is 3.05. The molecule has 3 N–H and O–H groups in total. The van der Waals surface area contributed by atoms with Crippen LogP contribution in [0.1, 0.15) is 27.4 Å². The normalized spacial score (nSPS) is 10.3. The van der Waals surface area contributed by atoms with E-state index in [1.165, 1.54) is 10.6 Å². The number of rotatable bonds is 3. The van der Waals surface area contributed by atoms with E-state index in [0.29, 0.717) is 22.6 Å². The number of carbonyl (C=O) groups is 1. The number of carbonyl (C=O) groups excluding carboxylic acids is 1. The third kappa shape index (κ3) is 2.75. The van der Waals surface area contributed by atoms with E-state index < -0.39 is 0 Å². The quantitative estimate of drug-likeness (QED) is 0.484. The summed E-state index contributed by atoms with van der Waals surface area (Å²) in [7, 11) is 0. The van der Waals surface area contributed by atoms with E-state index in [0.717, 1.165) is 0 Å². The Balaban J connectivity index is 2.46. The Morgan fingerprint density at radius 2 is 2.05 bits per heavy atom. The molecule has 2 aromatic rings. The lowest BCUT2D eigenvalue weighted by Gasteiger charge is -2.12. The summed E-state index contributed by atoms with van der Waals surface area (Å²) in [5, 5.41) is 0. The van der Waals surface area contributed by atoms with Crippen molar-refractivity contribution in [2.75, 3.05) is 0 Å². The number of nitrogen functional groups attached to an aromatic ring is 1. The van der Waals surface area contributed by atoms with E-state index in [9.17, 15) is 9.59 Å². The maximum Gasteiger partial charge on any atom is 0.265 e. The summed E-state index contributed by atoms with van der Waals surface area (Å²) in [5.74, 6) is 5.39. The predicted molar refractivity (Wildman–Crippen MR) is 75.2 cm³/mol. The van der Waals surface area contributed by atoms with Gasteiger partial charge in [0, 0.05) is 17.3 Å². The molecule has 1 amide bonds. The van der Waals surface area contributed by atoms with E-state index in [1.807, 2.05) is 6.07 Å². The van der Waals surface area contributed by atoms with Gasteiger partial charge in [0.05, 0.1) is 6.54 Å². The minimum atomic E-state index is -0.383. The van der Waals surface area contributed by atoms with Gasteiger partial charge in [-0.25, -0.2) is 10.8 Å². The van der Waals surface area contributed by atoms with E-state index in [4.69, 9.17) is 5.84 Å². The lowest BCUT2D eigenvalue weighted by atomic mass is 10.1. The molecule has 0 aliphatic carbocycles. The van der Waals surface area contributed by atoms with Gasteiger partial charge in [-0.15, -0.1) is 0 Å². The average molecular weight is 272 g/mol. The van der Waals surface area contributed by atoms with Crippen LogP contribution in [0.2, 0.25) is 0 Å². The Morgan fingerprint density at radius 1 is 1.35 bits per heavy atom. The highest BCUT2D eigenvalue weighted by Gasteiger charge is 2.11. The van der Waals surface area contributed by atoms with E-state index in [-0.39, 0.29) is 18.0 Å². The van der Waals surface area contributed by atoms with Crippen LogP contribution in [0.15, 0.2) is 35.1 Å². The van der Waals surface area contributed by atoms with Gasteiger partial charge in [0.25, 0.3) is 11.5 Å². The van der Waals surface area contributed by atoms with Gasteiger partial charge in [-0.3, -0.25) is 19.6 Å². The van der Waals surface area contributed by atoms with Crippen molar-refractivity contribution in [1.82, 2.24) is 15.0 Å². The Bertz CT molecular complexity index is 707. The first-order valence-corrected chi connectivity index (χ1v) is 6.17. The van der Waals surface area contributed by atoms with Gasteiger partial charge in [0.2, 0.25) is 0 Å². The van der Waals surface area contributed by atoms with Gasteiger partial charge in [-0.1, -0.05) is 18.2 Å². The molecule has 0 spiro atoms. The molecular formula is C14H16N4O2. The molecular weight excluding hydrogens is 256 g/mol. The molecule has 1 aromatic heterocycles. The van der Waals surface area contributed by atoms with Crippen LogP contribution in [0.5, 0.6) is 0 Å². The number of benzene rings is 1. The molecule has 6 heteroatoms. The molecule has 2 rings (SSSR count). The highest BCUT2D eigenvalue weighted by molar-refractivity contribution is 5.95. The minimum Gasteiger partial charge on any atom is -0.292 e. The molecule has 0 aliphatic heterocycles. The standard InChI is InChI=1S/C14H16N4O2/c1-9-7-13(19)18(10(2)16-9)8-11-5-3-4-6-12(11)14(20)17-15/h3-7H,8,15H2,1-2H3,(H,17,20). The first-order chi connectivity index (χ1) is 9.52. The zero-order valence-electron chi connectivity index (χ0n) is 11.4. The number of nitrogens with zero attached hydrogens (tertiary/aromatic N) is 2. The Morgan fingerprint density at radius 3 is 2.70 bits per heavy atom. The van der Waals surface area contributed by atoms with Gasteiger partial charge in [0.1, 0.15) is 5.82 Å². The summed E-state index contributed by atoms with van der Waals surface area (Å²) in [4.78, 5) is 28.0. The molecule has 0 aliphatic rings. The van der Waals surface area contributed by atoms with Crippen molar-refractivity contribution in [1.29, 1.82) is 0 Å². The van der Waals surface area contributed by atoms with Crippen LogP contribution in [0.25, 0.3) is 0 Å². The van der Waals surface area contributed by atoms with Crippen molar-refractivity contribution < 1.29 is 4.79 Å². The SMILES string of the molecule is Cc1cc(=O)n(Cc2ccccc2C(=O)NN)c(C)n1. The summed E-state index contributed by atoms with van der Waals surface area (Å²) in [6, 6.07) is 8.48. The fraction of sp³-hybridized carbons (Fsp3) is 0.214. The number of aromatic nitrogens is 2. The molecule has 0 bridgehead atoms. The monoisotopic (exact) mass is 272 g/mol. The summed E-state index contributed by atoms with van der Waals surface area (Å²) in [5.41, 5.74) is 3.80. The van der Waals surface area contributed by atoms with Crippen LogP contribution < -0.4 is 16.8 Å². The molecule has 20 heavy (non-hydrogen) atoms. The highest BCUT2D eigenvalue weighted by atomic mass is 16.2. The summed E-state index contributed by atoms with van der Waals surface area (Å²) < 4.78 is 1.52. The average Bonchev–Trinajstić information content (AvgIpc) is 2.42. The smallest absolute Gasteiger partial charge is 0.265 e. The maximum atomic E-state index is 12.0. The summed E-state index contributed by atoms with van der Waals surface area (Å²) in [6.07, 6.45) is 0. The maximum absolute atomic E-state index is 12.0. The number of hydrogen-bond acceptors (Lipinski definition) is 4. The number of amides is 1. The third-order valence-electron chi connectivity index (χ3n) is 3.05. The zero-order chi connectivity index (χ0) is 14.7. The molecule has 0 saturated carbocycles. The largest absolute Gasteiger partial charge is 0.292 e. The fourth-order valence-corrected chi connectivity index (χ4v) is 2.08. The molecule has 0 atom stereocenters. The molecule has 0 radical (unpaired) electrons. The van der Waals surface area contributed by atoms with Crippen molar-refractivity contribution in [2.24, 2.45) is 5.84 Å². The van der Waals surface area contributed by atoms with Crippen LogP contribution in [0.3, 0.4) is 0 Å². The van der Waals surface area contributed by atoms with Crippen LogP contribution in [0.4, 0.5) is 0 Å². The fourth-order valence-electron chi connectivity index (χ4n) is 2.08. The minimum absolute atomic E-state index is 0.141. The zero-order valence-corrected chi connectivity index (χ0v) is 11.4. The van der Waals surface area contributed by atoms with Gasteiger partial charge in [-0.2, -0.15) is 0 Å². The van der Waals surface area contributed by atoms with Crippen molar-refractivity contribution in [3.63, 3.8) is 0 Å². The predicted octanol–water partition coefficient (Wildman–Crippen LogP) is 0.512. The second-order valence-electron chi connectivity index (χ2n) is 4.50. The molecule has 0 fully saturated rings. The number of hydrazine groups is 1. The number of nitrogens with two attached hydrogens (primary N) is 1. The van der Waals surface area contributed by atoms with E-state index in [2.05, 4.69) is 10.4 Å². The molecule has 1 aromatic carbocycles. The van der Waals surface area contributed by atoms with Crippen LogP contribution in [0, 0.1) is 13.8 Å². The van der Waals surface area contributed by atoms with Crippen LogP contribution in [-0.2, 0) is 6.54 Å². The van der Waals surface area contributed by atoms with Crippen molar-refractivity contribution >= 4 is 5.91 Å². The lowest BCUT2D eigenvalue weighted by Crippen LogP contribution is -2.31. The molecule has 0 unspecified atom stereocenters. The summed E-state index contributed by atoms with van der Waals surface area (Å²) >= 11 is 0. The van der Waals surface area contributed by atoms with Gasteiger partial charge < -0.3 is 0 Å². The summed E-state index contributed by atoms with van der Waals surface area (Å²) in [6.45, 7) is 3.82. The second kappa shape index (κ2) is 5.66. The van der Waals surface area contributed by atoms with E-state index in [1.54, 1.807) is 32.0 Å². The Kier molecular flexibility index (Phi) is 3.95. The first-order valence-electron chi connectivity index (χ1n) is 6.17. The Labute approximate surface area is 116 Å². The van der Waals surface area contributed by atoms with Gasteiger partial charge >= 0.3 is 0 Å². The number of hydrogen-bond donors (Lipinski definition) is 2. The first kappa shape index (κ1) is 14.0. The van der Waals surface area contributed by atoms with E-state index >= 15 is 0 Å². The topological polar surface area (TPSA) is 90.0 Å². The highest BCUT2D eigenvalue weighted by Crippen LogP contribution is 2.10. The molecule has 1 heterocycles. The lowest BCUT2D eigenvalue weighted by molar-refractivity contribution is 0.0952. The number of aryl methyl sites for hydroxylation is 2. The van der Waals surface area contributed by atoms with Gasteiger partial charge in [0.15, 0.2) is 0 Å². The van der Waals surface area contributed by atoms with Crippen molar-refractivity contribution in [3.8, 4) is 0 Å². The number of nitrogens with one attached hydrogen (secondary N) is 1. The van der Waals surface area contributed by atoms with Crippen molar-refractivity contribution in [2.45, 2.75) is 20.4 Å². The van der Waals surface area contributed by atoms with Crippen LogP contribution >= 0.6 is 0 Å². The molecule has 6 nitrogen and oxygen atoms in total. The Hall–Kier alpha value is -2.47. The van der Waals surface area contributed by atoms with Crippen molar-refractivity contribution in [3.05, 3.63) is 63.3 Å². The second-order valence-corrected chi connectivity index (χ2v) is 4.50. The van der Waals surface area contributed by atoms with Gasteiger partial charge in [-0.05, 0) is 25.5 Å².